The summed E-state index contributed by atoms with van der Waals surface area (Å²) in [7, 11) is 0. The fourth-order valence-electron chi connectivity index (χ4n) is 4.78. The van der Waals surface area contributed by atoms with Gasteiger partial charge in [0, 0.05) is 24.1 Å². The third-order valence-corrected chi connectivity index (χ3v) is 6.55. The molecule has 1 heterocycles. The van der Waals surface area contributed by atoms with Crippen LogP contribution in [-0.4, -0.2) is 29.9 Å². The van der Waals surface area contributed by atoms with Gasteiger partial charge in [-0.05, 0) is 42.7 Å². The van der Waals surface area contributed by atoms with Crippen molar-refractivity contribution < 1.29 is 18.7 Å². The van der Waals surface area contributed by atoms with E-state index in [1.807, 2.05) is 30.3 Å². The number of nitriles is 2. The summed E-state index contributed by atoms with van der Waals surface area (Å²) in [6.07, 6.45) is 0.249. The van der Waals surface area contributed by atoms with Crippen LogP contribution in [0.3, 0.4) is 0 Å². The Morgan fingerprint density at radius 1 is 1.03 bits per heavy atom. The predicted octanol–water partition coefficient (Wildman–Crippen LogP) is 4.09. The number of nitrogens with zero attached hydrogens (tertiary/aromatic N) is 3. The molecule has 0 N–H and O–H groups in total. The molecule has 1 amide bonds. The van der Waals surface area contributed by atoms with Crippen molar-refractivity contribution in [3.05, 3.63) is 71.5 Å². The first-order chi connectivity index (χ1) is 15.0. The van der Waals surface area contributed by atoms with Crippen LogP contribution in [0.15, 0.2) is 54.6 Å². The Hall–Kier alpha value is -3.71. The molecule has 7 heteroatoms. The predicted molar refractivity (Wildman–Crippen MR) is 108 cm³/mol. The lowest BCUT2D eigenvalue weighted by Gasteiger charge is -2.32. The summed E-state index contributed by atoms with van der Waals surface area (Å²) in [6.45, 7) is 0.755. The minimum Gasteiger partial charge on any atom is -0.445 e. The van der Waals surface area contributed by atoms with Crippen molar-refractivity contribution in [2.45, 2.75) is 19.4 Å². The van der Waals surface area contributed by atoms with Crippen molar-refractivity contribution in [1.29, 1.82) is 10.5 Å². The molecule has 1 spiro atoms. The molecule has 0 bridgehead atoms. The van der Waals surface area contributed by atoms with Gasteiger partial charge in [0.1, 0.15) is 12.4 Å². The second-order valence-electron chi connectivity index (χ2n) is 8.02. The van der Waals surface area contributed by atoms with Gasteiger partial charge in [0.2, 0.25) is 0 Å². The standard InChI is InChI=1S/C24H20FN3O3/c25-19-8-6-18(7-9-19)20(29)21-23(24(21,15-26)16-27)10-12-28(13-11-23)22(30)31-14-17-4-2-1-3-5-17/h1-9,21H,10-14H2. The summed E-state index contributed by atoms with van der Waals surface area (Å²) < 4.78 is 18.6. The highest BCUT2D eigenvalue weighted by Crippen LogP contribution is 2.74. The first-order valence-corrected chi connectivity index (χ1v) is 10.1. The number of likely N-dealkylation sites (tertiary alicyclic amines) is 1. The van der Waals surface area contributed by atoms with Gasteiger partial charge in [-0.2, -0.15) is 10.5 Å². The molecule has 4 rings (SSSR count). The lowest BCUT2D eigenvalue weighted by atomic mass is 9.84. The monoisotopic (exact) mass is 417 g/mol. The Kier molecular flexibility index (Phi) is 5.20. The summed E-state index contributed by atoms with van der Waals surface area (Å²) in [5.41, 5.74) is -1.08. The zero-order chi connectivity index (χ0) is 22.1. The maximum Gasteiger partial charge on any atom is 0.410 e. The van der Waals surface area contributed by atoms with E-state index in [0.29, 0.717) is 25.9 Å². The maximum atomic E-state index is 13.2. The van der Waals surface area contributed by atoms with E-state index >= 15 is 0 Å². The van der Waals surface area contributed by atoms with E-state index in [4.69, 9.17) is 4.74 Å². The highest BCUT2D eigenvalue weighted by atomic mass is 19.1. The average Bonchev–Trinajstić information content (AvgIpc) is 3.38. The number of piperidine rings is 1. The van der Waals surface area contributed by atoms with Crippen molar-refractivity contribution >= 4 is 11.9 Å². The summed E-state index contributed by atoms with van der Waals surface area (Å²) in [5, 5.41) is 19.6. The zero-order valence-electron chi connectivity index (χ0n) is 16.8. The summed E-state index contributed by atoms with van der Waals surface area (Å²) in [5.74, 6) is -1.58. The topological polar surface area (TPSA) is 94.2 Å². The van der Waals surface area contributed by atoms with Crippen LogP contribution in [0.2, 0.25) is 0 Å². The number of ketones is 1. The van der Waals surface area contributed by atoms with Gasteiger partial charge in [0.25, 0.3) is 0 Å². The van der Waals surface area contributed by atoms with E-state index in [2.05, 4.69) is 12.1 Å². The number of carbonyl (C=O) groups excluding carboxylic acids is 2. The Balaban J connectivity index is 1.45. The van der Waals surface area contributed by atoms with Crippen LogP contribution >= 0.6 is 0 Å². The van der Waals surface area contributed by atoms with Gasteiger partial charge in [0.05, 0.1) is 18.1 Å². The molecule has 1 saturated carbocycles. The highest BCUT2D eigenvalue weighted by Gasteiger charge is 2.80. The van der Waals surface area contributed by atoms with Gasteiger partial charge < -0.3 is 9.64 Å². The Morgan fingerprint density at radius 3 is 2.23 bits per heavy atom. The number of rotatable bonds is 4. The quantitative estimate of drug-likeness (QED) is 0.699. The molecule has 2 aromatic rings. The summed E-state index contributed by atoms with van der Waals surface area (Å²) in [4.78, 5) is 27.1. The molecular weight excluding hydrogens is 397 g/mol. The molecule has 1 atom stereocenters. The van der Waals surface area contributed by atoms with Crippen molar-refractivity contribution in [1.82, 2.24) is 4.90 Å². The number of Topliss-reactive ketones (excluding diaryl/α,β-unsaturated/α-hetero) is 1. The lowest BCUT2D eigenvalue weighted by molar-refractivity contribution is 0.0742. The van der Waals surface area contributed by atoms with Crippen molar-refractivity contribution in [3.63, 3.8) is 0 Å². The van der Waals surface area contributed by atoms with Gasteiger partial charge in [-0.1, -0.05) is 30.3 Å². The van der Waals surface area contributed by atoms with E-state index in [9.17, 15) is 24.5 Å². The summed E-state index contributed by atoms with van der Waals surface area (Å²) in [6, 6.07) is 18.6. The highest BCUT2D eigenvalue weighted by molar-refractivity contribution is 6.02. The molecule has 2 aliphatic rings. The molecule has 1 aliphatic heterocycles. The molecule has 6 nitrogen and oxygen atoms in total. The van der Waals surface area contributed by atoms with Crippen molar-refractivity contribution in [3.8, 4) is 12.1 Å². The Morgan fingerprint density at radius 2 is 1.65 bits per heavy atom. The van der Waals surface area contributed by atoms with Gasteiger partial charge in [-0.3, -0.25) is 4.79 Å². The number of amides is 1. The molecule has 0 aromatic heterocycles. The number of hydrogen-bond donors (Lipinski definition) is 0. The van der Waals surface area contributed by atoms with Gasteiger partial charge in [-0.25, -0.2) is 9.18 Å². The van der Waals surface area contributed by atoms with Crippen LogP contribution in [0.25, 0.3) is 0 Å². The van der Waals surface area contributed by atoms with Crippen LogP contribution in [-0.2, 0) is 11.3 Å². The second-order valence-corrected chi connectivity index (χ2v) is 8.02. The fraction of sp³-hybridized carbons (Fsp3) is 0.333. The second kappa shape index (κ2) is 7.85. The largest absolute Gasteiger partial charge is 0.445 e. The van der Waals surface area contributed by atoms with Crippen LogP contribution in [0.1, 0.15) is 28.8 Å². The van der Waals surface area contributed by atoms with E-state index in [1.165, 1.54) is 24.3 Å². The molecule has 0 radical (unpaired) electrons. The number of halogens is 1. The van der Waals surface area contributed by atoms with Gasteiger partial charge in [-0.15, -0.1) is 0 Å². The third-order valence-electron chi connectivity index (χ3n) is 6.55. The minimum absolute atomic E-state index is 0.160. The van der Waals surface area contributed by atoms with Crippen molar-refractivity contribution in [2.24, 2.45) is 16.7 Å². The first-order valence-electron chi connectivity index (χ1n) is 10.1. The Bertz CT molecular complexity index is 1060. The third kappa shape index (κ3) is 3.33. The molecule has 1 unspecified atom stereocenters. The van der Waals surface area contributed by atoms with Gasteiger partial charge in [0.15, 0.2) is 11.2 Å². The van der Waals surface area contributed by atoms with Crippen LogP contribution in [0, 0.1) is 45.2 Å². The fourth-order valence-corrected chi connectivity index (χ4v) is 4.78. The first kappa shape index (κ1) is 20.6. The molecule has 156 valence electrons. The molecule has 2 aromatic carbocycles. The normalized spacial score (nSPS) is 20.4. The lowest BCUT2D eigenvalue weighted by Crippen LogP contribution is -2.41. The average molecular weight is 417 g/mol. The summed E-state index contributed by atoms with van der Waals surface area (Å²) >= 11 is 0. The van der Waals surface area contributed by atoms with E-state index in [1.54, 1.807) is 4.90 Å². The Labute approximate surface area is 179 Å². The molecule has 31 heavy (non-hydrogen) atoms. The zero-order valence-corrected chi connectivity index (χ0v) is 16.8. The van der Waals surface area contributed by atoms with Gasteiger partial charge >= 0.3 is 6.09 Å². The minimum atomic E-state index is -1.43. The van der Waals surface area contributed by atoms with E-state index < -0.39 is 28.7 Å². The molecule has 1 aliphatic carbocycles. The maximum absolute atomic E-state index is 13.2. The number of benzene rings is 2. The van der Waals surface area contributed by atoms with E-state index in [-0.39, 0.29) is 18.0 Å². The molecule has 2 fully saturated rings. The SMILES string of the molecule is N#CC1(C#N)C(C(=O)c2ccc(F)cc2)C12CCN(C(=O)OCc1ccccc1)CC2. The molecular formula is C24H20FN3O3. The van der Waals surface area contributed by atoms with Crippen LogP contribution in [0.4, 0.5) is 9.18 Å². The number of ether oxygens (including phenoxy) is 1. The van der Waals surface area contributed by atoms with Crippen molar-refractivity contribution in [2.75, 3.05) is 13.1 Å². The number of carbonyl (C=O) groups is 2. The molecule has 1 saturated heterocycles. The van der Waals surface area contributed by atoms with Crippen LogP contribution in [0.5, 0.6) is 0 Å². The van der Waals surface area contributed by atoms with E-state index in [0.717, 1.165) is 5.56 Å². The van der Waals surface area contributed by atoms with Crippen LogP contribution < -0.4 is 0 Å². The number of hydrogen-bond acceptors (Lipinski definition) is 5. The smallest absolute Gasteiger partial charge is 0.410 e.